The van der Waals surface area contributed by atoms with Gasteiger partial charge >= 0.3 is 12.4 Å². The molecule has 0 bridgehead atoms. The van der Waals surface area contributed by atoms with Crippen molar-refractivity contribution in [2.45, 2.75) is 24.8 Å². The summed E-state index contributed by atoms with van der Waals surface area (Å²) in [4.78, 5) is 0. The van der Waals surface area contributed by atoms with Gasteiger partial charge in [-0.1, -0.05) is 121 Å². The molecule has 5 rings (SSSR count). The SMILES string of the molecule is FC(F)(F)c1cc(NC(=S)N[C@H](CCN=P(c2ccccc2)(c2ccccc2)c2ccccc2)c2ccccc2)cc(C(F)(F)F)c1. The van der Waals surface area contributed by atoms with Crippen LogP contribution in [0.3, 0.4) is 0 Å². The van der Waals surface area contributed by atoms with Crippen LogP contribution in [-0.2, 0) is 12.4 Å². The third-order valence-corrected chi connectivity index (χ3v) is 11.5. The predicted octanol–water partition coefficient (Wildman–Crippen LogP) is 9.32. The lowest BCUT2D eigenvalue weighted by Gasteiger charge is -2.28. The molecule has 47 heavy (non-hydrogen) atoms. The molecule has 0 radical (unpaired) electrons. The van der Waals surface area contributed by atoms with E-state index in [0.29, 0.717) is 25.1 Å². The van der Waals surface area contributed by atoms with Crippen LogP contribution in [-0.4, -0.2) is 11.7 Å². The minimum Gasteiger partial charge on any atom is -0.356 e. The molecule has 0 aliphatic heterocycles. The maximum Gasteiger partial charge on any atom is 0.416 e. The maximum absolute atomic E-state index is 13.5. The average Bonchev–Trinajstić information content (AvgIpc) is 3.07. The van der Waals surface area contributed by atoms with Gasteiger partial charge in [-0.2, -0.15) is 26.3 Å². The van der Waals surface area contributed by atoms with Gasteiger partial charge in [-0.05, 0) is 42.4 Å². The second-order valence-electron chi connectivity index (χ2n) is 10.7. The fourth-order valence-corrected chi connectivity index (χ4v) is 9.19. The number of halogens is 6. The Kier molecular flexibility index (Phi) is 10.5. The van der Waals surface area contributed by atoms with Gasteiger partial charge in [0, 0.05) is 28.1 Å². The summed E-state index contributed by atoms with van der Waals surface area (Å²) in [6.45, 7) is 0.364. The number of benzene rings is 5. The fraction of sp³-hybridized carbons (Fsp3) is 0.139. The van der Waals surface area contributed by atoms with E-state index in [4.69, 9.17) is 17.0 Å². The van der Waals surface area contributed by atoms with Crippen LogP contribution in [0, 0.1) is 0 Å². The van der Waals surface area contributed by atoms with Gasteiger partial charge in [-0.25, -0.2) is 0 Å². The van der Waals surface area contributed by atoms with Crippen molar-refractivity contribution in [3.63, 3.8) is 0 Å². The monoisotopic (exact) mass is 681 g/mol. The van der Waals surface area contributed by atoms with Gasteiger partial charge in [0.25, 0.3) is 0 Å². The van der Waals surface area contributed by atoms with E-state index in [2.05, 4.69) is 47.0 Å². The molecule has 5 aromatic carbocycles. The van der Waals surface area contributed by atoms with Crippen molar-refractivity contribution in [2.24, 2.45) is 4.74 Å². The third kappa shape index (κ3) is 8.31. The highest BCUT2D eigenvalue weighted by molar-refractivity contribution is 7.87. The van der Waals surface area contributed by atoms with Gasteiger partial charge in [0.05, 0.1) is 24.2 Å². The lowest BCUT2D eigenvalue weighted by Crippen LogP contribution is -2.33. The number of hydrogen-bond acceptors (Lipinski definition) is 2. The number of rotatable bonds is 9. The van der Waals surface area contributed by atoms with Crippen molar-refractivity contribution >= 4 is 46.0 Å². The Morgan fingerprint density at radius 3 is 1.43 bits per heavy atom. The zero-order chi connectivity index (χ0) is 33.5. The minimum atomic E-state index is -4.98. The summed E-state index contributed by atoms with van der Waals surface area (Å²) in [7, 11) is -2.50. The molecular weight excluding hydrogens is 651 g/mol. The number of anilines is 1. The van der Waals surface area contributed by atoms with E-state index in [1.807, 2.05) is 84.9 Å². The Hall–Kier alpha value is -4.40. The van der Waals surface area contributed by atoms with Gasteiger partial charge in [0.1, 0.15) is 0 Å². The molecule has 0 amide bonds. The average molecular weight is 682 g/mol. The predicted molar refractivity (Wildman–Crippen MR) is 182 cm³/mol. The largest absolute Gasteiger partial charge is 0.416 e. The van der Waals surface area contributed by atoms with Crippen LogP contribution in [0.2, 0.25) is 0 Å². The normalized spacial score (nSPS) is 12.6. The number of thiocarbonyl (C=S) groups is 1. The topological polar surface area (TPSA) is 36.4 Å². The molecule has 11 heteroatoms. The molecule has 0 aliphatic rings. The van der Waals surface area contributed by atoms with Crippen molar-refractivity contribution in [2.75, 3.05) is 11.9 Å². The summed E-state index contributed by atoms with van der Waals surface area (Å²) >= 11 is 5.43. The zero-order valence-corrected chi connectivity index (χ0v) is 26.6. The quantitative estimate of drug-likeness (QED) is 0.0926. The first kappa shape index (κ1) is 33.9. The van der Waals surface area contributed by atoms with Crippen LogP contribution < -0.4 is 26.5 Å². The lowest BCUT2D eigenvalue weighted by atomic mass is 10.0. The molecule has 0 saturated carbocycles. The van der Waals surface area contributed by atoms with Crippen molar-refractivity contribution in [1.82, 2.24) is 5.32 Å². The highest BCUT2D eigenvalue weighted by Crippen LogP contribution is 2.46. The Labute approximate surface area is 274 Å². The van der Waals surface area contributed by atoms with Crippen molar-refractivity contribution in [3.05, 3.63) is 156 Å². The molecule has 0 fully saturated rings. The molecule has 0 aromatic heterocycles. The number of hydrogen-bond donors (Lipinski definition) is 2. The molecule has 1 atom stereocenters. The molecule has 0 heterocycles. The van der Waals surface area contributed by atoms with E-state index < -0.39 is 42.3 Å². The van der Waals surface area contributed by atoms with Crippen molar-refractivity contribution in [1.29, 1.82) is 0 Å². The summed E-state index contributed by atoms with van der Waals surface area (Å²) in [6.07, 6.45) is -9.53. The highest BCUT2D eigenvalue weighted by atomic mass is 32.1. The minimum absolute atomic E-state index is 0.0809. The summed E-state index contributed by atoms with van der Waals surface area (Å²) in [5, 5.41) is 8.76. The Balaban J connectivity index is 1.49. The molecule has 0 spiro atoms. The van der Waals surface area contributed by atoms with Crippen LogP contribution in [0.25, 0.3) is 0 Å². The van der Waals surface area contributed by atoms with Crippen LogP contribution >= 0.6 is 19.3 Å². The molecule has 5 aromatic rings. The molecular formula is C36H30F6N3PS. The maximum atomic E-state index is 13.5. The molecule has 3 nitrogen and oxygen atoms in total. The summed E-state index contributed by atoms with van der Waals surface area (Å²) in [6, 6.07) is 40.4. The zero-order valence-electron chi connectivity index (χ0n) is 24.8. The van der Waals surface area contributed by atoms with E-state index >= 15 is 0 Å². The Morgan fingerprint density at radius 2 is 1.02 bits per heavy atom. The molecule has 0 aliphatic carbocycles. The second-order valence-corrected chi connectivity index (χ2v) is 14.2. The van der Waals surface area contributed by atoms with Gasteiger partial charge in [0.15, 0.2) is 5.11 Å². The van der Waals surface area contributed by atoms with Crippen LogP contribution in [0.4, 0.5) is 32.0 Å². The van der Waals surface area contributed by atoms with Crippen molar-refractivity contribution in [3.8, 4) is 0 Å². The van der Waals surface area contributed by atoms with E-state index in [9.17, 15) is 26.3 Å². The van der Waals surface area contributed by atoms with Crippen LogP contribution in [0.15, 0.2) is 144 Å². The number of alkyl halides is 6. The van der Waals surface area contributed by atoms with Gasteiger partial charge in [-0.15, -0.1) is 0 Å². The van der Waals surface area contributed by atoms with Gasteiger partial charge in [0.2, 0.25) is 0 Å². The Morgan fingerprint density at radius 1 is 0.617 bits per heavy atom. The number of nitrogens with one attached hydrogen (secondary N) is 2. The molecule has 0 saturated heterocycles. The fourth-order valence-electron chi connectivity index (χ4n) is 5.32. The Bertz CT molecular complexity index is 1700. The van der Waals surface area contributed by atoms with Crippen LogP contribution in [0.5, 0.6) is 0 Å². The number of nitrogens with zero attached hydrogens (tertiary/aromatic N) is 1. The standard InChI is InChI=1S/C36H30F6N3PS/c37-35(38,39)27-23-28(36(40,41)42)25-29(24-27)44-34(47)45-33(26-13-5-1-6-14-26)21-22-43-46(30-15-7-2-8-16-30,31-17-9-3-10-18-31)32-19-11-4-12-20-32/h1-20,23-25,33H,21-22H2,(H2,44,45,47)/t33-/m1/s1. The highest BCUT2D eigenvalue weighted by Gasteiger charge is 2.37. The first-order valence-corrected chi connectivity index (χ1v) is 16.8. The van der Waals surface area contributed by atoms with Gasteiger partial charge < -0.3 is 10.6 Å². The first-order chi connectivity index (χ1) is 22.5. The smallest absolute Gasteiger partial charge is 0.356 e. The van der Waals surface area contributed by atoms with E-state index in [-0.39, 0.29) is 11.2 Å². The summed E-state index contributed by atoms with van der Waals surface area (Å²) < 4.78 is 86.2. The molecule has 242 valence electrons. The van der Waals surface area contributed by atoms with Crippen LogP contribution in [0.1, 0.15) is 29.2 Å². The summed E-state index contributed by atoms with van der Waals surface area (Å²) in [5.41, 5.74) is -2.46. The second kappa shape index (κ2) is 14.6. The van der Waals surface area contributed by atoms with Crippen molar-refractivity contribution < 1.29 is 26.3 Å². The lowest BCUT2D eigenvalue weighted by molar-refractivity contribution is -0.143. The first-order valence-electron chi connectivity index (χ1n) is 14.6. The molecule has 2 N–H and O–H groups in total. The van der Waals surface area contributed by atoms with E-state index in [0.717, 1.165) is 21.5 Å². The van der Waals surface area contributed by atoms with Gasteiger partial charge in [-0.3, -0.25) is 4.74 Å². The third-order valence-electron chi connectivity index (χ3n) is 7.47. The summed E-state index contributed by atoms with van der Waals surface area (Å²) in [5.74, 6) is 0. The molecule has 0 unspecified atom stereocenters. The van der Waals surface area contributed by atoms with E-state index in [1.165, 1.54) is 0 Å². The van der Waals surface area contributed by atoms with E-state index in [1.54, 1.807) is 0 Å².